The molecule has 3 aromatic carbocycles. The molecular formula is C27H22N4O5. The molecule has 5 aromatic rings. The Morgan fingerprint density at radius 2 is 1.81 bits per heavy atom. The van der Waals surface area contributed by atoms with Crippen molar-refractivity contribution in [3.63, 3.8) is 0 Å². The van der Waals surface area contributed by atoms with Crippen LogP contribution in [0.2, 0.25) is 0 Å². The van der Waals surface area contributed by atoms with Crippen LogP contribution in [-0.4, -0.2) is 33.8 Å². The predicted molar refractivity (Wildman–Crippen MR) is 134 cm³/mol. The minimum atomic E-state index is -0.297. The number of aryl methyl sites for hydroxylation is 2. The van der Waals surface area contributed by atoms with Crippen molar-refractivity contribution in [1.82, 2.24) is 15.0 Å². The molecule has 9 nitrogen and oxygen atoms in total. The SMILES string of the molecule is COc1ccc(C(=O)c2oc3cc(NC(=O)CCn4nnc5ccccc5c4=O)ccc3c2C)cc1. The third-order valence-electron chi connectivity index (χ3n) is 5.96. The number of methoxy groups -OCH3 is 1. The zero-order valence-corrected chi connectivity index (χ0v) is 19.6. The summed E-state index contributed by atoms with van der Waals surface area (Å²) < 4.78 is 12.2. The van der Waals surface area contributed by atoms with E-state index >= 15 is 0 Å². The summed E-state index contributed by atoms with van der Waals surface area (Å²) in [7, 11) is 1.56. The molecule has 36 heavy (non-hydrogen) atoms. The molecule has 2 aromatic heterocycles. The van der Waals surface area contributed by atoms with E-state index in [4.69, 9.17) is 9.15 Å². The van der Waals surface area contributed by atoms with Crippen LogP contribution in [0.15, 0.2) is 75.9 Å². The van der Waals surface area contributed by atoms with E-state index in [1.54, 1.807) is 73.8 Å². The van der Waals surface area contributed by atoms with Gasteiger partial charge in [0.1, 0.15) is 16.8 Å². The molecular weight excluding hydrogens is 460 g/mol. The molecule has 0 aliphatic carbocycles. The largest absolute Gasteiger partial charge is 0.497 e. The van der Waals surface area contributed by atoms with Gasteiger partial charge in [0.05, 0.1) is 19.0 Å². The molecule has 9 heteroatoms. The lowest BCUT2D eigenvalue weighted by molar-refractivity contribution is -0.116. The van der Waals surface area contributed by atoms with Crippen molar-refractivity contribution < 1.29 is 18.7 Å². The van der Waals surface area contributed by atoms with Gasteiger partial charge in [-0.15, -0.1) is 5.10 Å². The van der Waals surface area contributed by atoms with E-state index in [9.17, 15) is 14.4 Å². The van der Waals surface area contributed by atoms with Gasteiger partial charge in [-0.3, -0.25) is 14.4 Å². The normalized spacial score (nSPS) is 11.1. The number of nitrogens with zero attached hydrogens (tertiary/aromatic N) is 3. The van der Waals surface area contributed by atoms with Crippen molar-refractivity contribution in [2.45, 2.75) is 19.9 Å². The van der Waals surface area contributed by atoms with Gasteiger partial charge < -0.3 is 14.5 Å². The Balaban J connectivity index is 1.30. The van der Waals surface area contributed by atoms with E-state index in [1.165, 1.54) is 4.68 Å². The second kappa shape index (κ2) is 9.46. The lowest BCUT2D eigenvalue weighted by Crippen LogP contribution is -2.26. The second-order valence-corrected chi connectivity index (χ2v) is 8.26. The summed E-state index contributed by atoms with van der Waals surface area (Å²) in [6.45, 7) is 1.91. The Morgan fingerprint density at radius 1 is 1.03 bits per heavy atom. The summed E-state index contributed by atoms with van der Waals surface area (Å²) in [5, 5.41) is 12.0. The fourth-order valence-corrected chi connectivity index (χ4v) is 3.99. The number of ether oxygens (including phenoxy) is 1. The Morgan fingerprint density at radius 3 is 2.58 bits per heavy atom. The summed E-state index contributed by atoms with van der Waals surface area (Å²) >= 11 is 0. The Kier molecular flexibility index (Phi) is 6.03. The molecule has 5 rings (SSSR count). The van der Waals surface area contributed by atoms with Crippen LogP contribution in [0.1, 0.15) is 28.1 Å². The third-order valence-corrected chi connectivity index (χ3v) is 5.96. The van der Waals surface area contributed by atoms with Gasteiger partial charge in [-0.2, -0.15) is 0 Å². The van der Waals surface area contributed by atoms with Crippen molar-refractivity contribution >= 4 is 39.2 Å². The zero-order chi connectivity index (χ0) is 25.2. The van der Waals surface area contributed by atoms with Crippen LogP contribution in [0, 0.1) is 6.92 Å². The standard InChI is InChI=1S/C27H22N4O5/c1-16-20-12-9-18(15-23(20)36-26(16)25(33)17-7-10-19(35-2)11-8-17)28-24(32)13-14-31-27(34)21-5-3-4-6-22(21)29-30-31/h3-12,15H,13-14H2,1-2H3,(H,28,32). The number of aromatic nitrogens is 3. The quantitative estimate of drug-likeness (QED) is 0.347. The number of carbonyl (C=O) groups is 2. The van der Waals surface area contributed by atoms with Gasteiger partial charge >= 0.3 is 0 Å². The monoisotopic (exact) mass is 482 g/mol. The molecule has 0 atom stereocenters. The van der Waals surface area contributed by atoms with Crippen LogP contribution in [0.4, 0.5) is 5.69 Å². The smallest absolute Gasteiger partial charge is 0.277 e. The average molecular weight is 482 g/mol. The first-order chi connectivity index (χ1) is 17.4. The number of carbonyl (C=O) groups excluding carboxylic acids is 2. The van der Waals surface area contributed by atoms with E-state index in [2.05, 4.69) is 15.6 Å². The molecule has 0 saturated heterocycles. The molecule has 0 aliphatic heterocycles. The van der Waals surface area contributed by atoms with Gasteiger partial charge in [-0.05, 0) is 55.5 Å². The van der Waals surface area contributed by atoms with Crippen LogP contribution < -0.4 is 15.6 Å². The highest BCUT2D eigenvalue weighted by molar-refractivity contribution is 6.10. The van der Waals surface area contributed by atoms with Crippen molar-refractivity contribution in [3.8, 4) is 5.75 Å². The fraction of sp³-hybridized carbons (Fsp3) is 0.148. The number of hydrogen-bond donors (Lipinski definition) is 1. The van der Waals surface area contributed by atoms with E-state index in [-0.39, 0.29) is 36.0 Å². The number of hydrogen-bond acceptors (Lipinski definition) is 7. The Bertz CT molecular complexity index is 1670. The van der Waals surface area contributed by atoms with Gasteiger partial charge in [-0.25, -0.2) is 4.68 Å². The number of nitrogens with one attached hydrogen (secondary N) is 1. The minimum absolute atomic E-state index is 0.0311. The molecule has 180 valence electrons. The van der Waals surface area contributed by atoms with Crippen LogP contribution in [0.3, 0.4) is 0 Å². The van der Waals surface area contributed by atoms with E-state index < -0.39 is 0 Å². The van der Waals surface area contributed by atoms with Crippen molar-refractivity contribution in [1.29, 1.82) is 0 Å². The van der Waals surface area contributed by atoms with E-state index in [0.717, 1.165) is 10.9 Å². The van der Waals surface area contributed by atoms with E-state index in [1.807, 2.05) is 6.92 Å². The van der Waals surface area contributed by atoms with Gasteiger partial charge in [0.15, 0.2) is 5.76 Å². The number of ketones is 1. The van der Waals surface area contributed by atoms with Gasteiger partial charge in [-0.1, -0.05) is 17.3 Å². The van der Waals surface area contributed by atoms with Gasteiger partial charge in [0.25, 0.3) is 5.56 Å². The molecule has 1 amide bonds. The highest BCUT2D eigenvalue weighted by Gasteiger charge is 2.20. The van der Waals surface area contributed by atoms with Crippen LogP contribution in [0.25, 0.3) is 21.9 Å². The fourth-order valence-electron chi connectivity index (χ4n) is 3.99. The van der Waals surface area contributed by atoms with Crippen molar-refractivity contribution in [2.75, 3.05) is 12.4 Å². The summed E-state index contributed by atoms with van der Waals surface area (Å²) in [5.74, 6) is 0.367. The molecule has 0 spiro atoms. The second-order valence-electron chi connectivity index (χ2n) is 8.26. The van der Waals surface area contributed by atoms with Crippen LogP contribution in [-0.2, 0) is 11.3 Å². The molecule has 0 bridgehead atoms. The maximum Gasteiger partial charge on any atom is 0.277 e. The molecule has 0 unspecified atom stereocenters. The maximum atomic E-state index is 13.0. The number of anilines is 1. The number of amides is 1. The number of benzene rings is 3. The summed E-state index contributed by atoms with van der Waals surface area (Å²) in [6, 6.07) is 18.9. The Labute approximate surface area is 205 Å². The van der Waals surface area contributed by atoms with Crippen LogP contribution in [0.5, 0.6) is 5.75 Å². The predicted octanol–water partition coefficient (Wildman–Crippen LogP) is 4.11. The lowest BCUT2D eigenvalue weighted by Gasteiger charge is -2.07. The van der Waals surface area contributed by atoms with Crippen LogP contribution >= 0.6 is 0 Å². The molecule has 0 radical (unpaired) electrons. The highest BCUT2D eigenvalue weighted by Crippen LogP contribution is 2.29. The lowest BCUT2D eigenvalue weighted by atomic mass is 10.0. The summed E-state index contributed by atoms with van der Waals surface area (Å²) in [4.78, 5) is 38.1. The summed E-state index contributed by atoms with van der Waals surface area (Å²) in [6.07, 6.45) is 0.0311. The van der Waals surface area contributed by atoms with E-state index in [0.29, 0.717) is 33.5 Å². The average Bonchev–Trinajstić information content (AvgIpc) is 3.23. The van der Waals surface area contributed by atoms with Gasteiger partial charge in [0, 0.05) is 34.7 Å². The first-order valence-electron chi connectivity index (χ1n) is 11.3. The molecule has 0 saturated carbocycles. The molecule has 1 N–H and O–H groups in total. The molecule has 0 fully saturated rings. The number of rotatable bonds is 7. The first kappa shape index (κ1) is 23.0. The van der Waals surface area contributed by atoms with Crippen molar-refractivity contribution in [2.24, 2.45) is 0 Å². The summed E-state index contributed by atoms with van der Waals surface area (Å²) in [5.41, 5.74) is 2.42. The highest BCUT2D eigenvalue weighted by atomic mass is 16.5. The number of fused-ring (bicyclic) bond motifs is 2. The first-order valence-corrected chi connectivity index (χ1v) is 11.3. The third kappa shape index (κ3) is 4.34. The molecule has 2 heterocycles. The molecule has 0 aliphatic rings. The van der Waals surface area contributed by atoms with Crippen molar-refractivity contribution in [3.05, 3.63) is 94.0 Å². The topological polar surface area (TPSA) is 116 Å². The Hall–Kier alpha value is -4.79. The maximum absolute atomic E-state index is 13.0. The minimum Gasteiger partial charge on any atom is -0.497 e. The van der Waals surface area contributed by atoms with Gasteiger partial charge in [0.2, 0.25) is 11.7 Å². The number of furan rings is 1. The zero-order valence-electron chi connectivity index (χ0n) is 19.6.